The zero-order chi connectivity index (χ0) is 19.9. The van der Waals surface area contributed by atoms with Gasteiger partial charge in [-0.1, -0.05) is 25.5 Å². The average molecular weight is 369 g/mol. The lowest BCUT2D eigenvalue weighted by atomic mass is 9.95. The molecule has 144 valence electrons. The summed E-state index contributed by atoms with van der Waals surface area (Å²) < 4.78 is 5.52. The van der Waals surface area contributed by atoms with Crippen LogP contribution < -0.4 is 10.1 Å². The molecule has 27 heavy (non-hydrogen) atoms. The van der Waals surface area contributed by atoms with E-state index in [9.17, 15) is 9.59 Å². The molecule has 2 aromatic carbocycles. The first-order valence-electron chi connectivity index (χ1n) is 9.18. The summed E-state index contributed by atoms with van der Waals surface area (Å²) in [6.07, 6.45) is 3.36. The number of rotatable bonds is 9. The third-order valence-corrected chi connectivity index (χ3v) is 4.33. The fourth-order valence-corrected chi connectivity index (χ4v) is 2.37. The number of carboxylic acid groups (broad SMARTS) is 1. The first kappa shape index (κ1) is 20.5. The van der Waals surface area contributed by atoms with Gasteiger partial charge in [0.15, 0.2) is 0 Å². The van der Waals surface area contributed by atoms with Crippen molar-refractivity contribution in [1.29, 1.82) is 0 Å². The number of amides is 1. The molecule has 5 heteroatoms. The summed E-state index contributed by atoms with van der Waals surface area (Å²) in [5.41, 5.74) is 1.55. The quantitative estimate of drug-likeness (QED) is 0.667. The lowest BCUT2D eigenvalue weighted by Crippen LogP contribution is -2.30. The second-order valence-electron chi connectivity index (χ2n) is 7.26. The summed E-state index contributed by atoms with van der Waals surface area (Å²) in [7, 11) is 0. The van der Waals surface area contributed by atoms with Crippen LogP contribution in [0.1, 0.15) is 49.5 Å². The van der Waals surface area contributed by atoms with E-state index in [0.29, 0.717) is 11.3 Å². The van der Waals surface area contributed by atoms with Crippen LogP contribution in [-0.2, 0) is 11.2 Å². The van der Waals surface area contributed by atoms with Gasteiger partial charge in [0.1, 0.15) is 12.4 Å². The molecule has 0 spiro atoms. The summed E-state index contributed by atoms with van der Waals surface area (Å²) in [5, 5.41) is 12.0. The number of anilines is 1. The monoisotopic (exact) mass is 369 g/mol. The molecule has 0 aliphatic rings. The second kappa shape index (κ2) is 9.21. The van der Waals surface area contributed by atoms with Crippen molar-refractivity contribution in [2.75, 3.05) is 11.9 Å². The van der Waals surface area contributed by atoms with E-state index >= 15 is 0 Å². The van der Waals surface area contributed by atoms with Gasteiger partial charge in [0.05, 0.1) is 5.41 Å². The van der Waals surface area contributed by atoms with E-state index in [2.05, 4.69) is 12.2 Å². The summed E-state index contributed by atoms with van der Waals surface area (Å²) in [6.45, 7) is 5.42. The summed E-state index contributed by atoms with van der Waals surface area (Å²) in [4.78, 5) is 23.5. The van der Waals surface area contributed by atoms with Crippen molar-refractivity contribution in [2.24, 2.45) is 5.41 Å². The number of hydrogen-bond donors (Lipinski definition) is 2. The number of carbonyl (C=O) groups excluding carboxylic acids is 1. The number of hydrogen-bond acceptors (Lipinski definition) is 3. The Morgan fingerprint density at radius 1 is 1.04 bits per heavy atom. The van der Waals surface area contributed by atoms with Gasteiger partial charge in [0, 0.05) is 11.3 Å². The molecule has 0 heterocycles. The van der Waals surface area contributed by atoms with Crippen molar-refractivity contribution in [1.82, 2.24) is 0 Å². The van der Waals surface area contributed by atoms with Gasteiger partial charge < -0.3 is 15.2 Å². The van der Waals surface area contributed by atoms with Crippen LogP contribution in [-0.4, -0.2) is 23.6 Å². The Morgan fingerprint density at radius 2 is 1.67 bits per heavy atom. The van der Waals surface area contributed by atoms with E-state index in [1.807, 2.05) is 24.3 Å². The molecule has 0 atom stereocenters. The SMILES string of the molecule is CCCCc1ccc(NC(=O)c2ccc(OCC(C)(C)C(=O)O)cc2)cc1. The van der Waals surface area contributed by atoms with Crippen LogP contribution in [0, 0.1) is 5.41 Å². The maximum absolute atomic E-state index is 12.4. The normalized spacial score (nSPS) is 11.1. The largest absolute Gasteiger partial charge is 0.492 e. The number of carboxylic acids is 1. The van der Waals surface area contributed by atoms with Crippen molar-refractivity contribution >= 4 is 17.6 Å². The minimum absolute atomic E-state index is 0.0538. The lowest BCUT2D eigenvalue weighted by Gasteiger charge is -2.19. The highest BCUT2D eigenvalue weighted by Gasteiger charge is 2.28. The highest BCUT2D eigenvalue weighted by Crippen LogP contribution is 2.20. The highest BCUT2D eigenvalue weighted by molar-refractivity contribution is 6.04. The third-order valence-electron chi connectivity index (χ3n) is 4.33. The molecule has 0 bridgehead atoms. The van der Waals surface area contributed by atoms with Crippen molar-refractivity contribution in [3.63, 3.8) is 0 Å². The molecule has 2 rings (SSSR count). The molecule has 0 fully saturated rings. The molecule has 0 aliphatic heterocycles. The van der Waals surface area contributed by atoms with Crippen LogP contribution in [0.3, 0.4) is 0 Å². The van der Waals surface area contributed by atoms with Crippen molar-refractivity contribution in [3.05, 3.63) is 59.7 Å². The molecule has 0 aromatic heterocycles. The van der Waals surface area contributed by atoms with Gasteiger partial charge in [-0.05, 0) is 68.7 Å². The topological polar surface area (TPSA) is 75.6 Å². The van der Waals surface area contributed by atoms with E-state index < -0.39 is 11.4 Å². The smallest absolute Gasteiger partial charge is 0.312 e. The van der Waals surface area contributed by atoms with Crippen molar-refractivity contribution in [3.8, 4) is 5.75 Å². The fraction of sp³-hybridized carbons (Fsp3) is 0.364. The fourth-order valence-electron chi connectivity index (χ4n) is 2.37. The minimum Gasteiger partial charge on any atom is -0.492 e. The van der Waals surface area contributed by atoms with E-state index in [1.165, 1.54) is 5.56 Å². The van der Waals surface area contributed by atoms with Gasteiger partial charge in [0.2, 0.25) is 0 Å². The van der Waals surface area contributed by atoms with E-state index in [1.54, 1.807) is 38.1 Å². The molecule has 2 N–H and O–H groups in total. The molecule has 1 amide bonds. The predicted molar refractivity (Wildman–Crippen MR) is 106 cm³/mol. The van der Waals surface area contributed by atoms with Gasteiger partial charge in [0.25, 0.3) is 5.91 Å². The molecular weight excluding hydrogens is 342 g/mol. The van der Waals surface area contributed by atoms with Crippen LogP contribution in [0.25, 0.3) is 0 Å². The average Bonchev–Trinajstić information content (AvgIpc) is 2.66. The summed E-state index contributed by atoms with van der Waals surface area (Å²) in [5.74, 6) is -0.589. The molecule has 0 aliphatic carbocycles. The van der Waals surface area contributed by atoms with E-state index in [4.69, 9.17) is 9.84 Å². The van der Waals surface area contributed by atoms with E-state index in [0.717, 1.165) is 24.9 Å². The standard InChI is InChI=1S/C22H27NO4/c1-4-5-6-16-7-11-18(12-8-16)23-20(24)17-9-13-19(14-10-17)27-15-22(2,3)21(25)26/h7-14H,4-6,15H2,1-3H3,(H,23,24)(H,25,26). The molecule has 0 radical (unpaired) electrons. The Hall–Kier alpha value is -2.82. The Morgan fingerprint density at radius 3 is 2.22 bits per heavy atom. The van der Waals surface area contributed by atoms with Crippen molar-refractivity contribution in [2.45, 2.75) is 40.0 Å². The second-order valence-corrected chi connectivity index (χ2v) is 7.26. The number of benzene rings is 2. The van der Waals surface area contributed by atoms with Gasteiger partial charge in [-0.3, -0.25) is 9.59 Å². The van der Waals surface area contributed by atoms with Crippen LogP contribution in [0.4, 0.5) is 5.69 Å². The Kier molecular flexibility index (Phi) is 6.99. The number of aliphatic carboxylic acids is 1. The highest BCUT2D eigenvalue weighted by atomic mass is 16.5. The summed E-state index contributed by atoms with van der Waals surface area (Å²) >= 11 is 0. The van der Waals surface area contributed by atoms with Crippen LogP contribution in [0.2, 0.25) is 0 Å². The lowest BCUT2D eigenvalue weighted by molar-refractivity contribution is -0.148. The predicted octanol–water partition coefficient (Wildman–Crippen LogP) is 4.77. The molecular formula is C22H27NO4. The van der Waals surface area contributed by atoms with Gasteiger partial charge in [-0.2, -0.15) is 0 Å². The summed E-state index contributed by atoms with van der Waals surface area (Å²) in [6, 6.07) is 14.5. The third kappa shape index (κ3) is 6.13. The maximum atomic E-state index is 12.4. The zero-order valence-corrected chi connectivity index (χ0v) is 16.1. The van der Waals surface area contributed by atoms with Gasteiger partial charge in [-0.15, -0.1) is 0 Å². The number of carbonyl (C=O) groups is 2. The number of unbranched alkanes of at least 4 members (excludes halogenated alkanes) is 1. The first-order chi connectivity index (χ1) is 12.8. The van der Waals surface area contributed by atoms with Gasteiger partial charge >= 0.3 is 5.97 Å². The van der Waals surface area contributed by atoms with Gasteiger partial charge in [-0.25, -0.2) is 0 Å². The molecule has 0 saturated carbocycles. The molecule has 5 nitrogen and oxygen atoms in total. The number of aryl methyl sites for hydroxylation is 1. The molecule has 0 saturated heterocycles. The van der Waals surface area contributed by atoms with Crippen LogP contribution in [0.15, 0.2) is 48.5 Å². The minimum atomic E-state index is -0.973. The zero-order valence-electron chi connectivity index (χ0n) is 16.1. The number of nitrogens with one attached hydrogen (secondary N) is 1. The van der Waals surface area contributed by atoms with Crippen LogP contribution in [0.5, 0.6) is 5.75 Å². The first-order valence-corrected chi connectivity index (χ1v) is 9.18. The van der Waals surface area contributed by atoms with Crippen molar-refractivity contribution < 1.29 is 19.4 Å². The molecule has 0 unspecified atom stereocenters. The number of ether oxygens (including phenoxy) is 1. The molecule has 2 aromatic rings. The maximum Gasteiger partial charge on any atom is 0.312 e. The van der Waals surface area contributed by atoms with Crippen LogP contribution >= 0.6 is 0 Å². The van der Waals surface area contributed by atoms with E-state index in [-0.39, 0.29) is 12.5 Å². The Labute approximate surface area is 160 Å². The Balaban J connectivity index is 1.92. The Bertz CT molecular complexity index is 764.